The fourth-order valence-corrected chi connectivity index (χ4v) is 3.77. The van der Waals surface area contributed by atoms with Crippen molar-refractivity contribution in [3.63, 3.8) is 0 Å². The van der Waals surface area contributed by atoms with Crippen LogP contribution in [0.4, 0.5) is 0 Å². The lowest BCUT2D eigenvalue weighted by Crippen LogP contribution is -2.45. The summed E-state index contributed by atoms with van der Waals surface area (Å²) in [7, 11) is -1.97. The lowest BCUT2D eigenvalue weighted by molar-refractivity contribution is -0.217. The highest BCUT2D eigenvalue weighted by Crippen LogP contribution is 2.45. The van der Waals surface area contributed by atoms with E-state index >= 15 is 0 Å². The van der Waals surface area contributed by atoms with Gasteiger partial charge in [0, 0.05) is 4.91 Å². The van der Waals surface area contributed by atoms with Crippen molar-refractivity contribution in [2.24, 2.45) is 5.11 Å². The molecule has 0 saturated carbocycles. The summed E-state index contributed by atoms with van der Waals surface area (Å²) in [6.45, 7) is 14.2. The van der Waals surface area contributed by atoms with Crippen molar-refractivity contribution in [3.05, 3.63) is 10.4 Å². The third kappa shape index (κ3) is 3.48. The van der Waals surface area contributed by atoms with Crippen LogP contribution in [0.25, 0.3) is 10.4 Å². The Morgan fingerprint density at radius 1 is 1.25 bits per heavy atom. The van der Waals surface area contributed by atoms with Gasteiger partial charge in [0.2, 0.25) is 0 Å². The molecule has 0 bridgehead atoms. The summed E-state index contributed by atoms with van der Waals surface area (Å²) in [5.74, 6) is -0.834. The maximum atomic E-state index is 9.78. The molecule has 0 aromatic carbocycles. The van der Waals surface area contributed by atoms with E-state index in [1.807, 2.05) is 0 Å². The van der Waals surface area contributed by atoms with E-state index in [2.05, 4.69) is 43.9 Å². The van der Waals surface area contributed by atoms with E-state index in [0.717, 1.165) is 0 Å². The molecule has 0 aromatic heterocycles. The second-order valence-electron chi connectivity index (χ2n) is 8.44. The molecule has 0 spiro atoms. The van der Waals surface area contributed by atoms with Gasteiger partial charge in [-0.25, -0.2) is 0 Å². The first-order chi connectivity index (χ1) is 10.9. The molecular formula is C15H29N3O5Si. The first kappa shape index (κ1) is 19.6. The first-order valence-electron chi connectivity index (χ1n) is 8.22. The molecule has 2 heterocycles. The summed E-state index contributed by atoms with van der Waals surface area (Å²) in [6, 6.07) is 0. The zero-order valence-corrected chi connectivity index (χ0v) is 16.6. The molecule has 0 aromatic rings. The topological polar surface area (TPSA) is 106 Å². The van der Waals surface area contributed by atoms with Gasteiger partial charge in [0.05, 0.1) is 13.2 Å². The standard InChI is InChI=1S/C15H29N3O5Si/c1-13(2,3)24(6,7)20-8-10-11-12(23-14(4,5)22-11)15(9-19,21-10)17-18-16/h10-12,19H,8-9H2,1-7H3/t10-,11-,12-,15-/m1/s1. The van der Waals surface area contributed by atoms with Crippen LogP contribution < -0.4 is 0 Å². The normalized spacial score (nSPS) is 35.6. The number of hydrogen-bond acceptors (Lipinski definition) is 6. The number of nitrogens with zero attached hydrogens (tertiary/aromatic N) is 3. The third-order valence-electron chi connectivity index (χ3n) is 5.15. The van der Waals surface area contributed by atoms with Gasteiger partial charge in [-0.3, -0.25) is 0 Å². The van der Waals surface area contributed by atoms with Gasteiger partial charge in [0.1, 0.15) is 18.3 Å². The smallest absolute Gasteiger partial charge is 0.199 e. The largest absolute Gasteiger partial charge is 0.414 e. The highest BCUT2D eigenvalue weighted by Gasteiger charge is 2.63. The van der Waals surface area contributed by atoms with Crippen LogP contribution in [-0.4, -0.2) is 56.5 Å². The van der Waals surface area contributed by atoms with Crippen molar-refractivity contribution in [2.75, 3.05) is 13.2 Å². The molecule has 2 rings (SSSR count). The summed E-state index contributed by atoms with van der Waals surface area (Å²) in [6.07, 6.45) is -1.59. The highest BCUT2D eigenvalue weighted by atomic mass is 28.4. The van der Waals surface area contributed by atoms with Crippen LogP contribution in [0.5, 0.6) is 0 Å². The van der Waals surface area contributed by atoms with Gasteiger partial charge in [-0.2, -0.15) is 0 Å². The molecule has 8 nitrogen and oxygen atoms in total. The van der Waals surface area contributed by atoms with E-state index in [1.54, 1.807) is 13.8 Å². The molecule has 2 aliphatic rings. The van der Waals surface area contributed by atoms with Gasteiger partial charge in [-0.15, -0.1) is 0 Å². The number of aliphatic hydroxyl groups is 1. The summed E-state index contributed by atoms with van der Waals surface area (Å²) < 4.78 is 23.9. The summed E-state index contributed by atoms with van der Waals surface area (Å²) in [5.41, 5.74) is 7.39. The molecule has 1 N–H and O–H groups in total. The monoisotopic (exact) mass is 359 g/mol. The molecule has 2 aliphatic heterocycles. The van der Waals surface area contributed by atoms with Gasteiger partial charge in [0.15, 0.2) is 19.8 Å². The van der Waals surface area contributed by atoms with Gasteiger partial charge >= 0.3 is 0 Å². The Hall–Kier alpha value is -0.673. The van der Waals surface area contributed by atoms with E-state index in [0.29, 0.717) is 6.61 Å². The lowest BCUT2D eigenvalue weighted by Gasteiger charge is -2.37. The highest BCUT2D eigenvalue weighted by molar-refractivity contribution is 6.74. The molecule has 4 atom stereocenters. The molecule has 9 heteroatoms. The Kier molecular flexibility index (Phi) is 5.11. The van der Waals surface area contributed by atoms with Crippen LogP contribution in [-0.2, 0) is 18.6 Å². The lowest BCUT2D eigenvalue weighted by atomic mass is 10.0. The van der Waals surface area contributed by atoms with Crippen molar-refractivity contribution in [1.29, 1.82) is 0 Å². The van der Waals surface area contributed by atoms with Crippen LogP contribution in [0, 0.1) is 0 Å². The van der Waals surface area contributed by atoms with E-state index < -0.39 is 44.7 Å². The van der Waals surface area contributed by atoms with Gasteiger partial charge < -0.3 is 23.7 Å². The Balaban J connectivity index is 2.21. The third-order valence-corrected chi connectivity index (χ3v) is 9.65. The number of hydrogen-bond donors (Lipinski definition) is 1. The van der Waals surface area contributed by atoms with Crippen LogP contribution in [0.2, 0.25) is 18.1 Å². The second-order valence-corrected chi connectivity index (χ2v) is 13.3. The van der Waals surface area contributed by atoms with E-state index in [9.17, 15) is 5.11 Å². The number of fused-ring (bicyclic) bond motifs is 1. The fourth-order valence-electron chi connectivity index (χ4n) is 2.76. The minimum absolute atomic E-state index is 0.0657. The number of ether oxygens (including phenoxy) is 3. The first-order valence-corrected chi connectivity index (χ1v) is 11.1. The van der Waals surface area contributed by atoms with E-state index in [-0.39, 0.29) is 5.04 Å². The minimum atomic E-state index is -1.97. The predicted octanol–water partition coefficient (Wildman–Crippen LogP) is 2.93. The van der Waals surface area contributed by atoms with Crippen LogP contribution in [0.15, 0.2) is 5.11 Å². The molecule has 0 unspecified atom stereocenters. The van der Waals surface area contributed by atoms with Crippen LogP contribution in [0.1, 0.15) is 34.6 Å². The summed E-state index contributed by atoms with van der Waals surface area (Å²) in [4.78, 5) is 2.82. The van der Waals surface area contributed by atoms with Crippen molar-refractivity contribution >= 4 is 8.32 Å². The quantitative estimate of drug-likeness (QED) is 0.351. The van der Waals surface area contributed by atoms with Gasteiger partial charge in [-0.05, 0) is 37.5 Å². The number of azide groups is 1. The molecule has 2 saturated heterocycles. The Morgan fingerprint density at radius 3 is 2.38 bits per heavy atom. The van der Waals surface area contributed by atoms with Crippen molar-refractivity contribution in [2.45, 2.75) is 82.6 Å². The number of rotatable bonds is 5. The Morgan fingerprint density at radius 2 is 1.88 bits per heavy atom. The Labute approximate surface area is 144 Å². The second kappa shape index (κ2) is 6.24. The SMILES string of the molecule is CC1(C)O[C@H]2[C@@H](O1)[C@](CO)(N=[N+]=[N-])O[C@@H]2CO[Si](C)(C)C(C)(C)C. The van der Waals surface area contributed by atoms with Gasteiger partial charge in [-0.1, -0.05) is 25.9 Å². The van der Waals surface area contributed by atoms with E-state index in [1.165, 1.54) is 0 Å². The predicted molar refractivity (Wildman–Crippen MR) is 90.8 cm³/mol. The number of aliphatic hydroxyl groups excluding tert-OH is 1. The molecule has 0 aliphatic carbocycles. The van der Waals surface area contributed by atoms with Crippen molar-refractivity contribution in [3.8, 4) is 0 Å². The van der Waals surface area contributed by atoms with Crippen LogP contribution in [0.3, 0.4) is 0 Å². The molecule has 0 radical (unpaired) electrons. The Bertz CT molecular complexity index is 530. The summed E-state index contributed by atoms with van der Waals surface area (Å²) >= 11 is 0. The van der Waals surface area contributed by atoms with Crippen molar-refractivity contribution in [1.82, 2.24) is 0 Å². The maximum Gasteiger partial charge on any atom is 0.199 e. The molecule has 2 fully saturated rings. The molecule has 24 heavy (non-hydrogen) atoms. The van der Waals surface area contributed by atoms with Gasteiger partial charge in [0.25, 0.3) is 0 Å². The van der Waals surface area contributed by atoms with Crippen LogP contribution >= 0.6 is 0 Å². The fraction of sp³-hybridized carbons (Fsp3) is 1.00. The molecule has 0 amide bonds. The zero-order valence-electron chi connectivity index (χ0n) is 15.6. The average molecular weight is 359 g/mol. The molecule has 138 valence electrons. The zero-order chi connectivity index (χ0) is 18.4. The minimum Gasteiger partial charge on any atom is -0.414 e. The summed E-state index contributed by atoms with van der Waals surface area (Å²) in [5, 5.41) is 13.5. The maximum absolute atomic E-state index is 9.78. The average Bonchev–Trinajstić information content (AvgIpc) is 2.89. The van der Waals surface area contributed by atoms with E-state index in [4.69, 9.17) is 24.2 Å². The molecular weight excluding hydrogens is 330 g/mol. The van der Waals surface area contributed by atoms with Crippen molar-refractivity contribution < 1.29 is 23.7 Å².